The van der Waals surface area contributed by atoms with E-state index in [2.05, 4.69) is 9.88 Å². The van der Waals surface area contributed by atoms with Crippen LogP contribution in [0.2, 0.25) is 0 Å². The zero-order valence-corrected chi connectivity index (χ0v) is 19.2. The van der Waals surface area contributed by atoms with Gasteiger partial charge in [0.1, 0.15) is 0 Å². The first kappa shape index (κ1) is 28.8. The first-order valence-electron chi connectivity index (χ1n) is 10.2. The Bertz CT molecular complexity index is 991. The maximum atomic E-state index is 12.5. The van der Waals surface area contributed by atoms with Crippen LogP contribution in [0.1, 0.15) is 19.3 Å². The summed E-state index contributed by atoms with van der Waals surface area (Å²) in [5, 5.41) is 14.4. The minimum absolute atomic E-state index is 0.174. The summed E-state index contributed by atoms with van der Waals surface area (Å²) in [6.07, 6.45) is -3.16. The van der Waals surface area contributed by atoms with Gasteiger partial charge in [0.15, 0.2) is 5.03 Å². The highest BCUT2D eigenvalue weighted by Crippen LogP contribution is 2.43. The second kappa shape index (κ2) is 10.3. The molecule has 2 aliphatic heterocycles. The number of hydrogen-bond acceptors (Lipinski definition) is 6. The van der Waals surface area contributed by atoms with Gasteiger partial charge < -0.3 is 19.7 Å². The molecule has 2 saturated heterocycles. The SMILES string of the molecule is Cn1cnc(S(=O)(=O)N2CC3(CCN(CC4CC4)C3)C2)c1.O=C(O)C(F)(F)F.O=C(O)C(F)(F)F. The number of nitrogens with zero attached hydrogens (tertiary/aromatic N) is 4. The summed E-state index contributed by atoms with van der Waals surface area (Å²) in [7, 11) is -1.60. The van der Waals surface area contributed by atoms with Crippen molar-refractivity contribution in [2.75, 3.05) is 32.7 Å². The van der Waals surface area contributed by atoms with E-state index in [0.29, 0.717) is 13.1 Å². The van der Waals surface area contributed by atoms with Gasteiger partial charge in [-0.3, -0.25) is 0 Å². The van der Waals surface area contributed by atoms with E-state index in [9.17, 15) is 34.8 Å². The molecule has 3 heterocycles. The number of carbonyl (C=O) groups is 2. The second-order valence-electron chi connectivity index (χ2n) is 8.68. The summed E-state index contributed by atoms with van der Waals surface area (Å²) < 4.78 is 91.7. The number of aromatic nitrogens is 2. The molecule has 0 atom stereocenters. The van der Waals surface area contributed by atoms with Gasteiger partial charge in [0.05, 0.1) is 6.33 Å². The molecule has 1 spiro atoms. The molecular formula is C18H24F6N4O6S. The van der Waals surface area contributed by atoms with Crippen molar-refractivity contribution < 1.29 is 54.6 Å². The highest BCUT2D eigenvalue weighted by atomic mass is 32.2. The molecule has 3 fully saturated rings. The van der Waals surface area contributed by atoms with Crippen LogP contribution in [0, 0.1) is 11.3 Å². The molecule has 1 aliphatic carbocycles. The van der Waals surface area contributed by atoms with Crippen molar-refractivity contribution in [1.82, 2.24) is 18.8 Å². The van der Waals surface area contributed by atoms with Gasteiger partial charge in [0, 0.05) is 44.8 Å². The number of likely N-dealkylation sites (tertiary alicyclic amines) is 1. The molecule has 2 N–H and O–H groups in total. The summed E-state index contributed by atoms with van der Waals surface area (Å²) in [5.41, 5.74) is 0.205. The van der Waals surface area contributed by atoms with Crippen LogP contribution in [0.4, 0.5) is 26.3 Å². The Morgan fingerprint density at radius 2 is 1.54 bits per heavy atom. The van der Waals surface area contributed by atoms with Crippen molar-refractivity contribution in [1.29, 1.82) is 0 Å². The molecule has 0 radical (unpaired) electrons. The number of rotatable bonds is 4. The predicted molar refractivity (Wildman–Crippen MR) is 106 cm³/mol. The molecular weight excluding hydrogens is 514 g/mol. The van der Waals surface area contributed by atoms with E-state index in [4.69, 9.17) is 19.8 Å². The van der Waals surface area contributed by atoms with Crippen LogP contribution in [0.5, 0.6) is 0 Å². The molecule has 0 aromatic carbocycles. The second-order valence-corrected chi connectivity index (χ2v) is 10.6. The van der Waals surface area contributed by atoms with Crippen LogP contribution in [0.25, 0.3) is 0 Å². The Hall–Kier alpha value is -2.40. The Kier molecular flexibility index (Phi) is 8.48. The van der Waals surface area contributed by atoms with Gasteiger partial charge >= 0.3 is 24.3 Å². The molecule has 200 valence electrons. The fourth-order valence-corrected chi connectivity index (χ4v) is 5.27. The van der Waals surface area contributed by atoms with Crippen molar-refractivity contribution in [2.45, 2.75) is 36.6 Å². The molecule has 1 aromatic heterocycles. The number of hydrogen-bond donors (Lipinski definition) is 2. The lowest BCUT2D eigenvalue weighted by Crippen LogP contribution is -2.59. The third-order valence-corrected chi connectivity index (χ3v) is 7.20. The zero-order valence-electron chi connectivity index (χ0n) is 18.4. The average Bonchev–Trinajstić information content (AvgIpc) is 3.19. The molecule has 35 heavy (non-hydrogen) atoms. The Balaban J connectivity index is 0.000000257. The van der Waals surface area contributed by atoms with Gasteiger partial charge in [0.2, 0.25) is 0 Å². The number of imidazole rings is 1. The van der Waals surface area contributed by atoms with Crippen LogP contribution in [0.3, 0.4) is 0 Å². The topological polar surface area (TPSA) is 133 Å². The number of carboxylic acid groups (broad SMARTS) is 2. The van der Waals surface area contributed by atoms with Crippen molar-refractivity contribution in [3.63, 3.8) is 0 Å². The number of aryl methyl sites for hydroxylation is 1. The molecule has 0 bridgehead atoms. The Labute approximate surface area is 196 Å². The molecule has 3 aliphatic rings. The van der Waals surface area contributed by atoms with E-state index in [-0.39, 0.29) is 10.4 Å². The van der Waals surface area contributed by atoms with E-state index in [1.165, 1.54) is 25.7 Å². The first-order chi connectivity index (χ1) is 15.9. The summed E-state index contributed by atoms with van der Waals surface area (Å²) >= 11 is 0. The standard InChI is InChI=1S/C14H22N4O2S.2C2HF3O2/c1-16-7-13(15-11-16)21(19,20)18-9-14(10-18)4-5-17(8-14)6-12-2-3-12;2*3-2(4,5)1(6)7/h7,11-12H,2-6,8-10H2,1H3;2*(H,6,7). The van der Waals surface area contributed by atoms with Crippen LogP contribution in [-0.4, -0.2) is 94.4 Å². The quantitative estimate of drug-likeness (QED) is 0.555. The normalized spacial score (nSPS) is 20.3. The molecule has 0 amide bonds. The lowest BCUT2D eigenvalue weighted by atomic mass is 9.81. The summed E-state index contributed by atoms with van der Waals surface area (Å²) in [6, 6.07) is 0. The molecule has 10 nitrogen and oxygen atoms in total. The third kappa shape index (κ3) is 8.06. The van der Waals surface area contributed by atoms with Gasteiger partial charge in [-0.1, -0.05) is 0 Å². The third-order valence-electron chi connectivity index (χ3n) is 5.52. The van der Waals surface area contributed by atoms with Gasteiger partial charge in [0.25, 0.3) is 10.0 Å². The van der Waals surface area contributed by atoms with Gasteiger partial charge in [-0.2, -0.15) is 30.6 Å². The smallest absolute Gasteiger partial charge is 0.475 e. The number of alkyl halides is 6. The fourth-order valence-electron chi connectivity index (χ4n) is 3.63. The van der Waals surface area contributed by atoms with Crippen LogP contribution >= 0.6 is 0 Å². The number of aliphatic carboxylic acids is 2. The zero-order chi connectivity index (χ0) is 26.8. The predicted octanol–water partition coefficient (Wildman–Crippen LogP) is 1.79. The Morgan fingerprint density at radius 1 is 1.06 bits per heavy atom. The van der Waals surface area contributed by atoms with Crippen molar-refractivity contribution >= 4 is 22.0 Å². The molecule has 1 saturated carbocycles. The van der Waals surface area contributed by atoms with Crippen molar-refractivity contribution in [3.05, 3.63) is 12.5 Å². The van der Waals surface area contributed by atoms with E-state index < -0.39 is 34.3 Å². The number of carboxylic acids is 2. The van der Waals surface area contributed by atoms with Crippen LogP contribution < -0.4 is 0 Å². The number of sulfonamides is 1. The van der Waals surface area contributed by atoms with E-state index in [0.717, 1.165) is 25.4 Å². The molecule has 0 unspecified atom stereocenters. The first-order valence-corrected chi connectivity index (χ1v) is 11.6. The van der Waals surface area contributed by atoms with Crippen molar-refractivity contribution in [3.8, 4) is 0 Å². The van der Waals surface area contributed by atoms with Crippen molar-refractivity contribution in [2.24, 2.45) is 18.4 Å². The van der Waals surface area contributed by atoms with E-state index in [1.807, 2.05) is 0 Å². The summed E-state index contributed by atoms with van der Waals surface area (Å²) in [5.74, 6) is -4.60. The lowest BCUT2D eigenvalue weighted by Gasteiger charge is -2.46. The minimum Gasteiger partial charge on any atom is -0.475 e. The highest BCUT2D eigenvalue weighted by molar-refractivity contribution is 7.89. The van der Waals surface area contributed by atoms with Gasteiger partial charge in [-0.15, -0.1) is 0 Å². The molecule has 1 aromatic rings. The maximum absolute atomic E-state index is 12.5. The summed E-state index contributed by atoms with van der Waals surface area (Å²) in [6.45, 7) is 4.74. The molecule has 4 rings (SSSR count). The monoisotopic (exact) mass is 538 g/mol. The maximum Gasteiger partial charge on any atom is 0.490 e. The largest absolute Gasteiger partial charge is 0.490 e. The Morgan fingerprint density at radius 3 is 1.91 bits per heavy atom. The number of halogens is 6. The summed E-state index contributed by atoms with van der Waals surface area (Å²) in [4.78, 5) is 24.3. The van der Waals surface area contributed by atoms with Gasteiger partial charge in [-0.05, 0) is 31.7 Å². The molecule has 17 heteroatoms. The fraction of sp³-hybridized carbons (Fsp3) is 0.722. The highest BCUT2D eigenvalue weighted by Gasteiger charge is 2.52. The van der Waals surface area contributed by atoms with Gasteiger partial charge in [-0.25, -0.2) is 23.0 Å². The lowest BCUT2D eigenvalue weighted by molar-refractivity contribution is -0.193. The van der Waals surface area contributed by atoms with Crippen LogP contribution in [0.15, 0.2) is 17.6 Å². The van der Waals surface area contributed by atoms with E-state index in [1.54, 1.807) is 22.1 Å². The van der Waals surface area contributed by atoms with Crippen LogP contribution in [-0.2, 0) is 26.7 Å². The average molecular weight is 538 g/mol. The minimum atomic E-state index is -5.08. The van der Waals surface area contributed by atoms with E-state index >= 15 is 0 Å².